The van der Waals surface area contributed by atoms with E-state index in [1.165, 1.54) is 0 Å². The molecular formula is C5H9N. The van der Waals surface area contributed by atoms with Gasteiger partial charge in [-0.2, -0.15) is 0 Å². The van der Waals surface area contributed by atoms with Crippen LogP contribution in [0, 0.1) is 12.3 Å². The second-order valence-corrected chi connectivity index (χ2v) is 1.18. The van der Waals surface area contributed by atoms with Crippen molar-refractivity contribution < 1.29 is 0 Å². The van der Waals surface area contributed by atoms with Crippen molar-refractivity contribution in [1.82, 2.24) is 0 Å². The molecule has 0 spiro atoms. The Labute approximate surface area is 38.5 Å². The minimum absolute atomic E-state index is 0.0370. The Hall–Kier alpha value is -0.480. The van der Waals surface area contributed by atoms with Crippen LogP contribution in [0.15, 0.2) is 0 Å². The average Bonchev–Trinajstić information content (AvgIpc) is 1.65. The van der Waals surface area contributed by atoms with Gasteiger partial charge in [0, 0.05) is 0 Å². The zero-order chi connectivity index (χ0) is 4.99. The summed E-state index contributed by atoms with van der Waals surface area (Å²) >= 11 is 0. The molecular weight excluding hydrogens is 74.1 g/mol. The Bertz CT molecular complexity index is 60.8. The maximum Gasteiger partial charge on any atom is 0.0659 e. The Morgan fingerprint density at radius 3 is 2.50 bits per heavy atom. The maximum absolute atomic E-state index is 5.24. The van der Waals surface area contributed by atoms with Gasteiger partial charge in [0.2, 0.25) is 0 Å². The first-order valence-electron chi connectivity index (χ1n) is 2.03. The highest BCUT2D eigenvalue weighted by Gasteiger charge is 1.84. The molecule has 0 saturated heterocycles. The summed E-state index contributed by atoms with van der Waals surface area (Å²) in [4.78, 5) is 0. The molecule has 1 atom stereocenters. The monoisotopic (exact) mass is 83.1 g/mol. The molecule has 0 aliphatic rings. The number of terminal acetylenes is 1. The van der Waals surface area contributed by atoms with Crippen LogP contribution in [0.2, 0.25) is 0 Å². The average molecular weight is 83.1 g/mol. The zero-order valence-corrected chi connectivity index (χ0v) is 3.94. The highest BCUT2D eigenvalue weighted by Crippen LogP contribution is 1.77. The second-order valence-electron chi connectivity index (χ2n) is 1.18. The predicted octanol–water partition coefficient (Wildman–Crippen LogP) is 0.357. The normalized spacial score (nSPS) is 12.8. The van der Waals surface area contributed by atoms with Gasteiger partial charge in [-0.05, 0) is 6.42 Å². The fourth-order valence-corrected chi connectivity index (χ4v) is 0.118. The van der Waals surface area contributed by atoms with Crippen LogP contribution in [0.25, 0.3) is 0 Å². The van der Waals surface area contributed by atoms with Gasteiger partial charge in [0.25, 0.3) is 0 Å². The lowest BCUT2D eigenvalue weighted by Crippen LogP contribution is -2.14. The molecule has 0 heterocycles. The lowest BCUT2D eigenvalue weighted by Gasteiger charge is -1.91. The van der Waals surface area contributed by atoms with Crippen LogP contribution in [0.5, 0.6) is 0 Å². The third-order valence-corrected chi connectivity index (χ3v) is 0.654. The summed E-state index contributed by atoms with van der Waals surface area (Å²) in [5, 5.41) is 0. The molecule has 0 aromatic carbocycles. The molecule has 0 aromatic heterocycles. The molecule has 0 rings (SSSR count). The molecule has 0 saturated carbocycles. The third kappa shape index (κ3) is 1.80. The Morgan fingerprint density at radius 2 is 2.50 bits per heavy atom. The molecule has 0 unspecified atom stereocenters. The quantitative estimate of drug-likeness (QED) is 0.455. The van der Waals surface area contributed by atoms with Crippen molar-refractivity contribution >= 4 is 0 Å². The van der Waals surface area contributed by atoms with Crippen molar-refractivity contribution in [3.8, 4) is 12.3 Å². The molecule has 0 aromatic rings. The van der Waals surface area contributed by atoms with E-state index in [0.29, 0.717) is 0 Å². The van der Waals surface area contributed by atoms with Gasteiger partial charge < -0.3 is 5.73 Å². The lowest BCUT2D eigenvalue weighted by atomic mass is 10.3. The molecule has 0 bridgehead atoms. The van der Waals surface area contributed by atoms with Crippen LogP contribution >= 0.6 is 0 Å². The van der Waals surface area contributed by atoms with E-state index in [1.54, 1.807) is 0 Å². The van der Waals surface area contributed by atoms with Crippen LogP contribution in [-0.2, 0) is 0 Å². The minimum Gasteiger partial charge on any atom is -0.318 e. The van der Waals surface area contributed by atoms with E-state index in [1.807, 2.05) is 6.92 Å². The van der Waals surface area contributed by atoms with Crippen LogP contribution in [0.1, 0.15) is 13.3 Å². The number of hydrogen-bond donors (Lipinski definition) is 1. The van der Waals surface area contributed by atoms with Crippen molar-refractivity contribution in [3.05, 3.63) is 0 Å². The van der Waals surface area contributed by atoms with E-state index < -0.39 is 0 Å². The molecule has 0 radical (unpaired) electrons. The van der Waals surface area contributed by atoms with Crippen LogP contribution in [-0.4, -0.2) is 6.04 Å². The van der Waals surface area contributed by atoms with Crippen molar-refractivity contribution in [2.45, 2.75) is 19.4 Å². The van der Waals surface area contributed by atoms with Gasteiger partial charge in [-0.25, -0.2) is 0 Å². The molecule has 0 amide bonds. The Kier molecular flexibility index (Phi) is 2.52. The van der Waals surface area contributed by atoms with Crippen molar-refractivity contribution in [2.75, 3.05) is 0 Å². The molecule has 2 N–H and O–H groups in total. The van der Waals surface area contributed by atoms with E-state index in [4.69, 9.17) is 12.2 Å². The number of nitrogens with two attached hydrogens (primary N) is 1. The topological polar surface area (TPSA) is 26.0 Å². The predicted molar refractivity (Wildman–Crippen MR) is 27.1 cm³/mol. The van der Waals surface area contributed by atoms with E-state index >= 15 is 0 Å². The maximum atomic E-state index is 5.24. The van der Waals surface area contributed by atoms with Gasteiger partial charge >= 0.3 is 0 Å². The van der Waals surface area contributed by atoms with Crippen LogP contribution < -0.4 is 5.73 Å². The van der Waals surface area contributed by atoms with E-state index in [-0.39, 0.29) is 6.04 Å². The fourth-order valence-electron chi connectivity index (χ4n) is 0.118. The highest BCUT2D eigenvalue weighted by molar-refractivity contribution is 4.95. The first-order valence-corrected chi connectivity index (χ1v) is 2.03. The van der Waals surface area contributed by atoms with Crippen molar-refractivity contribution in [3.63, 3.8) is 0 Å². The molecule has 34 valence electrons. The Morgan fingerprint density at radius 1 is 2.00 bits per heavy atom. The van der Waals surface area contributed by atoms with Crippen LogP contribution in [0.3, 0.4) is 0 Å². The lowest BCUT2D eigenvalue weighted by molar-refractivity contribution is 0.807. The second kappa shape index (κ2) is 2.74. The van der Waals surface area contributed by atoms with Gasteiger partial charge in [-0.15, -0.1) is 6.42 Å². The van der Waals surface area contributed by atoms with Gasteiger partial charge in [-0.3, -0.25) is 0 Å². The summed E-state index contributed by atoms with van der Waals surface area (Å²) in [6.07, 6.45) is 5.78. The molecule has 0 aliphatic heterocycles. The summed E-state index contributed by atoms with van der Waals surface area (Å²) in [6.45, 7) is 1.96. The van der Waals surface area contributed by atoms with Crippen molar-refractivity contribution in [1.29, 1.82) is 0 Å². The fraction of sp³-hybridized carbons (Fsp3) is 0.600. The van der Waals surface area contributed by atoms with E-state index in [9.17, 15) is 0 Å². The van der Waals surface area contributed by atoms with Gasteiger partial charge in [0.15, 0.2) is 0 Å². The number of rotatable bonds is 1. The zero-order valence-electron chi connectivity index (χ0n) is 3.94. The highest BCUT2D eigenvalue weighted by atomic mass is 14.6. The van der Waals surface area contributed by atoms with Crippen molar-refractivity contribution in [2.24, 2.45) is 5.73 Å². The summed E-state index contributed by atoms with van der Waals surface area (Å²) in [6, 6.07) is -0.0370. The van der Waals surface area contributed by atoms with Gasteiger partial charge in [-0.1, -0.05) is 12.8 Å². The first-order chi connectivity index (χ1) is 2.81. The Balaban J connectivity index is 3.04. The first kappa shape index (κ1) is 5.52. The molecule has 1 heteroatoms. The molecule has 0 fully saturated rings. The SMILES string of the molecule is C#C[C@@H](N)CC. The van der Waals surface area contributed by atoms with E-state index in [0.717, 1.165) is 6.42 Å². The molecule has 1 nitrogen and oxygen atoms in total. The summed E-state index contributed by atoms with van der Waals surface area (Å²) in [7, 11) is 0. The van der Waals surface area contributed by atoms with Gasteiger partial charge in [0.1, 0.15) is 0 Å². The minimum atomic E-state index is -0.0370. The third-order valence-electron chi connectivity index (χ3n) is 0.654. The largest absolute Gasteiger partial charge is 0.318 e. The van der Waals surface area contributed by atoms with Crippen LogP contribution in [0.4, 0.5) is 0 Å². The summed E-state index contributed by atoms with van der Waals surface area (Å²) < 4.78 is 0. The summed E-state index contributed by atoms with van der Waals surface area (Å²) in [5.41, 5.74) is 5.24. The van der Waals surface area contributed by atoms with E-state index in [2.05, 4.69) is 5.92 Å². The molecule has 0 aliphatic carbocycles. The summed E-state index contributed by atoms with van der Waals surface area (Å²) in [5.74, 6) is 2.39. The smallest absolute Gasteiger partial charge is 0.0659 e. The van der Waals surface area contributed by atoms with Gasteiger partial charge in [0.05, 0.1) is 6.04 Å². The molecule has 6 heavy (non-hydrogen) atoms. The standard InChI is InChI=1S/C5H9N/c1-3-5(6)4-2/h1,5H,4,6H2,2H3/t5-/m1/s1. The number of hydrogen-bond acceptors (Lipinski definition) is 1.